The fraction of sp³-hybridized carbons (Fsp3) is 0.689. The van der Waals surface area contributed by atoms with Crippen LogP contribution >= 0.6 is 0 Å². The van der Waals surface area contributed by atoms with Gasteiger partial charge in [0.1, 0.15) is 13.2 Å². The number of hydrogen-bond acceptors (Lipinski definition) is 6. The molecule has 6 nitrogen and oxygen atoms in total. The van der Waals surface area contributed by atoms with Gasteiger partial charge in [0, 0.05) is 19.3 Å². The molecule has 80 heavy (non-hydrogen) atoms. The van der Waals surface area contributed by atoms with Crippen molar-refractivity contribution < 1.29 is 28.6 Å². The lowest BCUT2D eigenvalue weighted by molar-refractivity contribution is -0.167. The minimum Gasteiger partial charge on any atom is -0.462 e. The van der Waals surface area contributed by atoms with Crippen molar-refractivity contribution in [3.63, 3.8) is 0 Å². The summed E-state index contributed by atoms with van der Waals surface area (Å²) in [6.07, 6.45) is 93.5. The summed E-state index contributed by atoms with van der Waals surface area (Å²) in [6.45, 7) is 6.48. The normalized spacial score (nSPS) is 12.9. The Morgan fingerprint density at radius 3 is 0.800 bits per heavy atom. The van der Waals surface area contributed by atoms with Gasteiger partial charge in [-0.3, -0.25) is 14.4 Å². The van der Waals surface area contributed by atoms with Crippen molar-refractivity contribution in [2.75, 3.05) is 13.2 Å². The SMILES string of the molecule is CC/C=C\C/C=C\C/C=C\C/C=C\C/C=C\C/C=C\CCCCCCCCC(=O)OCC(COC(=O)CCCCCCC/C=C\CCCCC)OC(=O)CCCCCCCCCCCC/C=C\C/C=C\C/C=C\CCCCCCC. The number of carbonyl (C=O) groups excluding carboxylic acids is 3. The molecule has 1 unspecified atom stereocenters. The Morgan fingerprint density at radius 2 is 0.487 bits per heavy atom. The molecule has 0 aromatic heterocycles. The van der Waals surface area contributed by atoms with Crippen molar-refractivity contribution in [3.05, 3.63) is 122 Å². The van der Waals surface area contributed by atoms with E-state index in [0.29, 0.717) is 19.3 Å². The first kappa shape index (κ1) is 75.8. The second-order valence-electron chi connectivity index (χ2n) is 22.0. The monoisotopic (exact) mass is 1110 g/mol. The van der Waals surface area contributed by atoms with E-state index in [0.717, 1.165) is 128 Å². The van der Waals surface area contributed by atoms with Crippen molar-refractivity contribution in [2.45, 2.75) is 316 Å². The van der Waals surface area contributed by atoms with Crippen LogP contribution in [0, 0.1) is 0 Å². The zero-order chi connectivity index (χ0) is 57.8. The van der Waals surface area contributed by atoms with Gasteiger partial charge in [0.2, 0.25) is 0 Å². The Hall–Kier alpha value is -4.19. The third kappa shape index (κ3) is 64.6. The van der Waals surface area contributed by atoms with Gasteiger partial charge in [-0.15, -0.1) is 0 Å². The molecule has 0 aliphatic heterocycles. The largest absolute Gasteiger partial charge is 0.462 e. The maximum absolute atomic E-state index is 12.9. The number of ether oxygens (including phenoxy) is 3. The van der Waals surface area contributed by atoms with Crippen LogP contribution in [0.25, 0.3) is 0 Å². The lowest BCUT2D eigenvalue weighted by atomic mass is 10.0. The molecular formula is C74H124O6. The lowest BCUT2D eigenvalue weighted by Crippen LogP contribution is -2.30. The highest BCUT2D eigenvalue weighted by molar-refractivity contribution is 5.71. The molecule has 1 atom stereocenters. The Bertz CT molecular complexity index is 1650. The van der Waals surface area contributed by atoms with Gasteiger partial charge < -0.3 is 14.2 Å². The Balaban J connectivity index is 4.36. The predicted octanol–water partition coefficient (Wildman–Crippen LogP) is 23.2. The number of allylic oxidation sites excluding steroid dienone is 20. The summed E-state index contributed by atoms with van der Waals surface area (Å²) in [5, 5.41) is 0. The van der Waals surface area contributed by atoms with Crippen LogP contribution in [0.3, 0.4) is 0 Å². The number of rotatable bonds is 60. The van der Waals surface area contributed by atoms with Gasteiger partial charge in [-0.25, -0.2) is 0 Å². The van der Waals surface area contributed by atoms with Gasteiger partial charge in [0.15, 0.2) is 6.10 Å². The van der Waals surface area contributed by atoms with Crippen LogP contribution < -0.4 is 0 Å². The molecule has 0 amide bonds. The van der Waals surface area contributed by atoms with E-state index >= 15 is 0 Å². The third-order valence-corrected chi connectivity index (χ3v) is 14.2. The highest BCUT2D eigenvalue weighted by Crippen LogP contribution is 2.16. The summed E-state index contributed by atoms with van der Waals surface area (Å²) < 4.78 is 16.9. The number of hydrogen-bond donors (Lipinski definition) is 0. The van der Waals surface area contributed by atoms with Crippen molar-refractivity contribution in [1.82, 2.24) is 0 Å². The molecule has 0 radical (unpaired) electrons. The molecule has 6 heteroatoms. The highest BCUT2D eigenvalue weighted by atomic mass is 16.6. The molecule has 0 saturated heterocycles. The Kier molecular flexibility index (Phi) is 63.8. The molecule has 0 aliphatic carbocycles. The Morgan fingerprint density at radius 1 is 0.263 bits per heavy atom. The van der Waals surface area contributed by atoms with Gasteiger partial charge >= 0.3 is 17.9 Å². The molecule has 0 fully saturated rings. The van der Waals surface area contributed by atoms with Crippen LogP contribution in [0.1, 0.15) is 310 Å². The summed E-state index contributed by atoms with van der Waals surface area (Å²) in [4.78, 5) is 38.4. The van der Waals surface area contributed by atoms with E-state index in [4.69, 9.17) is 14.2 Å². The van der Waals surface area contributed by atoms with E-state index in [-0.39, 0.29) is 31.1 Å². The maximum Gasteiger partial charge on any atom is 0.306 e. The minimum absolute atomic E-state index is 0.0903. The highest BCUT2D eigenvalue weighted by Gasteiger charge is 2.19. The number of unbranched alkanes of at least 4 members (excludes halogenated alkanes) is 29. The van der Waals surface area contributed by atoms with Gasteiger partial charge in [-0.2, -0.15) is 0 Å². The Labute approximate surface area is 494 Å². The zero-order valence-electron chi connectivity index (χ0n) is 52.3. The van der Waals surface area contributed by atoms with Crippen molar-refractivity contribution in [1.29, 1.82) is 0 Å². The molecule has 0 rings (SSSR count). The van der Waals surface area contributed by atoms with Crippen molar-refractivity contribution in [3.8, 4) is 0 Å². The van der Waals surface area contributed by atoms with E-state index in [2.05, 4.69) is 142 Å². The molecule has 0 aromatic rings. The fourth-order valence-corrected chi connectivity index (χ4v) is 9.15. The molecule has 0 N–H and O–H groups in total. The smallest absolute Gasteiger partial charge is 0.306 e. The molecule has 0 heterocycles. The maximum atomic E-state index is 12.9. The predicted molar refractivity (Wildman–Crippen MR) is 348 cm³/mol. The average Bonchev–Trinajstić information content (AvgIpc) is 3.46. The minimum atomic E-state index is -0.795. The molecular weight excluding hydrogens is 985 g/mol. The molecule has 0 aromatic carbocycles. The number of esters is 3. The van der Waals surface area contributed by atoms with E-state index in [1.54, 1.807) is 0 Å². The van der Waals surface area contributed by atoms with Gasteiger partial charge in [-0.1, -0.05) is 277 Å². The first-order valence-electron chi connectivity index (χ1n) is 33.5. The summed E-state index contributed by atoms with van der Waals surface area (Å²) in [6, 6.07) is 0. The second-order valence-corrected chi connectivity index (χ2v) is 22.0. The van der Waals surface area contributed by atoms with Gasteiger partial charge in [0.25, 0.3) is 0 Å². The lowest BCUT2D eigenvalue weighted by Gasteiger charge is -2.18. The summed E-state index contributed by atoms with van der Waals surface area (Å²) in [5.41, 5.74) is 0. The molecule has 0 bridgehead atoms. The molecule has 456 valence electrons. The van der Waals surface area contributed by atoms with Gasteiger partial charge in [0.05, 0.1) is 0 Å². The van der Waals surface area contributed by atoms with Crippen LogP contribution in [0.2, 0.25) is 0 Å². The summed E-state index contributed by atoms with van der Waals surface area (Å²) >= 11 is 0. The van der Waals surface area contributed by atoms with E-state index < -0.39 is 6.10 Å². The standard InChI is InChI=1S/C74H124O6/c1-4-7-10-13-16-19-22-25-27-29-31-33-35-37-39-41-43-45-47-49-52-55-58-61-64-67-73(76)79-70-71(69-78-72(75)66-63-60-57-54-51-24-21-18-15-12-9-6-3)80-74(77)68-65-62-59-56-53-50-48-46-44-42-40-38-36-34-32-30-28-26-23-20-17-14-11-8-5-2/h7,10,16,18-19,21,23,25-27,30-33,36-39,43,45,71H,4-6,8-9,11-15,17,20,22,24,28-29,34-35,40-42,44,46-70H2,1-3H3/b10-7-,19-16-,21-18-,26-23-,27-25-,32-30-,33-31-,38-36-,39-37-,45-43-. The molecule has 0 saturated carbocycles. The van der Waals surface area contributed by atoms with Crippen molar-refractivity contribution in [2.24, 2.45) is 0 Å². The first-order chi connectivity index (χ1) is 39.5. The molecule has 0 spiro atoms. The van der Waals surface area contributed by atoms with Crippen LogP contribution in [0.4, 0.5) is 0 Å². The van der Waals surface area contributed by atoms with Crippen LogP contribution in [-0.2, 0) is 28.6 Å². The zero-order valence-corrected chi connectivity index (χ0v) is 52.3. The van der Waals surface area contributed by atoms with E-state index in [9.17, 15) is 14.4 Å². The third-order valence-electron chi connectivity index (χ3n) is 14.2. The summed E-state index contributed by atoms with van der Waals surface area (Å²) in [5.74, 6) is -0.912. The van der Waals surface area contributed by atoms with Crippen LogP contribution in [0.5, 0.6) is 0 Å². The number of carbonyl (C=O) groups is 3. The first-order valence-corrected chi connectivity index (χ1v) is 33.5. The second kappa shape index (κ2) is 67.3. The quantitative estimate of drug-likeness (QED) is 0.0261. The summed E-state index contributed by atoms with van der Waals surface area (Å²) in [7, 11) is 0. The van der Waals surface area contributed by atoms with Gasteiger partial charge in [-0.05, 0) is 135 Å². The van der Waals surface area contributed by atoms with E-state index in [1.165, 1.54) is 141 Å². The van der Waals surface area contributed by atoms with Crippen molar-refractivity contribution >= 4 is 17.9 Å². The topological polar surface area (TPSA) is 78.9 Å². The molecule has 0 aliphatic rings. The van der Waals surface area contributed by atoms with E-state index in [1.807, 2.05) is 0 Å². The average molecular weight is 1110 g/mol. The van der Waals surface area contributed by atoms with Crippen LogP contribution in [-0.4, -0.2) is 37.2 Å². The van der Waals surface area contributed by atoms with Crippen LogP contribution in [0.15, 0.2) is 122 Å². The fourth-order valence-electron chi connectivity index (χ4n) is 9.15.